The molecular formula is C16H21ClFN3O. The van der Waals surface area contributed by atoms with Crippen LogP contribution in [0.3, 0.4) is 0 Å². The van der Waals surface area contributed by atoms with Crippen LogP contribution in [0.5, 0.6) is 0 Å². The van der Waals surface area contributed by atoms with Crippen LogP contribution in [0.4, 0.5) is 4.39 Å². The lowest BCUT2D eigenvalue weighted by Crippen LogP contribution is -2.14. The summed E-state index contributed by atoms with van der Waals surface area (Å²) in [5.74, 6) is -0.0917. The molecule has 0 radical (unpaired) electrons. The Hall–Kier alpha value is -1.43. The van der Waals surface area contributed by atoms with Gasteiger partial charge in [0.15, 0.2) is 0 Å². The molecule has 0 aliphatic carbocycles. The molecule has 2 aromatic rings. The van der Waals surface area contributed by atoms with E-state index in [1.54, 1.807) is 16.8 Å². The van der Waals surface area contributed by atoms with Crippen molar-refractivity contribution >= 4 is 11.6 Å². The highest BCUT2D eigenvalue weighted by atomic mass is 35.5. The van der Waals surface area contributed by atoms with Crippen LogP contribution in [0.15, 0.2) is 18.2 Å². The van der Waals surface area contributed by atoms with E-state index in [1.165, 1.54) is 6.07 Å². The predicted molar refractivity (Wildman–Crippen MR) is 85.2 cm³/mol. The minimum absolute atomic E-state index is 0.294. The van der Waals surface area contributed by atoms with E-state index in [0.29, 0.717) is 29.7 Å². The quantitative estimate of drug-likeness (QED) is 0.858. The van der Waals surface area contributed by atoms with Gasteiger partial charge in [0.05, 0.1) is 12.3 Å². The van der Waals surface area contributed by atoms with Gasteiger partial charge in [0.2, 0.25) is 0 Å². The first kappa shape index (κ1) is 16.9. The SMILES string of the molecule is CC(C)c1nn(C)c(Cl)c1CNCc1ccc(F)c(CO)c1. The number of aliphatic hydroxyl groups is 1. The van der Waals surface area contributed by atoms with Crippen LogP contribution in [-0.2, 0) is 26.7 Å². The molecule has 0 aliphatic rings. The lowest BCUT2D eigenvalue weighted by molar-refractivity contribution is 0.275. The summed E-state index contributed by atoms with van der Waals surface area (Å²) in [5.41, 5.74) is 3.19. The standard InChI is InChI=1S/C16H21ClFN3O/c1-10(2)15-13(16(17)21(3)20-15)8-19-7-11-4-5-14(18)12(6-11)9-22/h4-6,10,19,22H,7-9H2,1-3H3. The lowest BCUT2D eigenvalue weighted by Gasteiger charge is -2.09. The average Bonchev–Trinajstić information content (AvgIpc) is 2.77. The van der Waals surface area contributed by atoms with Crippen LogP contribution in [0.2, 0.25) is 5.15 Å². The van der Waals surface area contributed by atoms with E-state index in [1.807, 2.05) is 7.05 Å². The molecule has 1 heterocycles. The van der Waals surface area contributed by atoms with E-state index in [2.05, 4.69) is 24.3 Å². The van der Waals surface area contributed by atoms with Gasteiger partial charge in [-0.2, -0.15) is 5.10 Å². The first-order valence-corrected chi connectivity index (χ1v) is 7.62. The summed E-state index contributed by atoms with van der Waals surface area (Å²) in [6.45, 7) is 5.01. The minimum atomic E-state index is -0.386. The number of aliphatic hydroxyl groups excluding tert-OH is 1. The maximum atomic E-state index is 13.3. The van der Waals surface area contributed by atoms with Crippen molar-refractivity contribution in [1.82, 2.24) is 15.1 Å². The van der Waals surface area contributed by atoms with E-state index in [4.69, 9.17) is 16.7 Å². The van der Waals surface area contributed by atoms with Crippen LogP contribution in [0.1, 0.15) is 42.1 Å². The zero-order valence-corrected chi connectivity index (χ0v) is 13.8. The first-order valence-electron chi connectivity index (χ1n) is 7.24. The number of hydrogen-bond donors (Lipinski definition) is 2. The third kappa shape index (κ3) is 3.66. The zero-order chi connectivity index (χ0) is 16.3. The number of halogens is 2. The third-order valence-electron chi connectivity index (χ3n) is 3.56. The van der Waals surface area contributed by atoms with Gasteiger partial charge in [-0.3, -0.25) is 4.68 Å². The van der Waals surface area contributed by atoms with Crippen LogP contribution < -0.4 is 5.32 Å². The van der Waals surface area contributed by atoms with Crippen LogP contribution in [0.25, 0.3) is 0 Å². The normalized spacial score (nSPS) is 11.4. The van der Waals surface area contributed by atoms with Crippen molar-refractivity contribution in [3.63, 3.8) is 0 Å². The highest BCUT2D eigenvalue weighted by Gasteiger charge is 2.16. The summed E-state index contributed by atoms with van der Waals surface area (Å²) in [5, 5.41) is 17.5. The van der Waals surface area contributed by atoms with Gasteiger partial charge in [-0.15, -0.1) is 0 Å². The van der Waals surface area contributed by atoms with E-state index in [-0.39, 0.29) is 12.4 Å². The van der Waals surface area contributed by atoms with Crippen molar-refractivity contribution in [2.45, 2.75) is 39.5 Å². The molecule has 0 saturated carbocycles. The van der Waals surface area contributed by atoms with Gasteiger partial charge in [-0.25, -0.2) is 4.39 Å². The van der Waals surface area contributed by atoms with Crippen molar-refractivity contribution in [1.29, 1.82) is 0 Å². The van der Waals surface area contributed by atoms with Gasteiger partial charge >= 0.3 is 0 Å². The van der Waals surface area contributed by atoms with E-state index >= 15 is 0 Å². The molecule has 0 spiro atoms. The highest BCUT2D eigenvalue weighted by molar-refractivity contribution is 6.30. The van der Waals surface area contributed by atoms with Crippen LogP contribution >= 0.6 is 11.6 Å². The molecule has 120 valence electrons. The maximum absolute atomic E-state index is 13.3. The van der Waals surface area contributed by atoms with Crippen molar-refractivity contribution in [3.05, 3.63) is 51.6 Å². The summed E-state index contributed by atoms with van der Waals surface area (Å²) in [6.07, 6.45) is 0. The molecule has 0 aliphatic heterocycles. The van der Waals surface area contributed by atoms with E-state index < -0.39 is 0 Å². The fraction of sp³-hybridized carbons (Fsp3) is 0.438. The second-order valence-corrected chi connectivity index (χ2v) is 5.98. The molecule has 1 aromatic carbocycles. The zero-order valence-electron chi connectivity index (χ0n) is 13.0. The third-order valence-corrected chi connectivity index (χ3v) is 4.03. The molecule has 0 atom stereocenters. The number of nitrogens with one attached hydrogen (secondary N) is 1. The van der Waals surface area contributed by atoms with Gasteiger partial charge in [-0.1, -0.05) is 31.5 Å². The second kappa shape index (κ2) is 7.22. The summed E-state index contributed by atoms with van der Waals surface area (Å²) < 4.78 is 15.0. The summed E-state index contributed by atoms with van der Waals surface area (Å²) >= 11 is 6.29. The van der Waals surface area contributed by atoms with Gasteiger partial charge in [0.25, 0.3) is 0 Å². The number of rotatable bonds is 6. The van der Waals surface area contributed by atoms with Crippen molar-refractivity contribution < 1.29 is 9.50 Å². The molecule has 0 fully saturated rings. The molecule has 22 heavy (non-hydrogen) atoms. The minimum Gasteiger partial charge on any atom is -0.392 e. The topological polar surface area (TPSA) is 50.1 Å². The molecule has 0 saturated heterocycles. The largest absolute Gasteiger partial charge is 0.392 e. The number of hydrogen-bond acceptors (Lipinski definition) is 3. The van der Waals surface area contributed by atoms with Crippen molar-refractivity contribution in [2.75, 3.05) is 0 Å². The molecule has 0 bridgehead atoms. The number of aromatic nitrogens is 2. The van der Waals surface area contributed by atoms with E-state index in [0.717, 1.165) is 16.8 Å². The highest BCUT2D eigenvalue weighted by Crippen LogP contribution is 2.25. The smallest absolute Gasteiger partial charge is 0.131 e. The van der Waals surface area contributed by atoms with Gasteiger partial charge in [-0.05, 0) is 23.6 Å². The van der Waals surface area contributed by atoms with Gasteiger partial charge < -0.3 is 10.4 Å². The van der Waals surface area contributed by atoms with E-state index in [9.17, 15) is 4.39 Å². The molecule has 1 aromatic heterocycles. The second-order valence-electron chi connectivity index (χ2n) is 5.62. The fourth-order valence-electron chi connectivity index (χ4n) is 2.39. The Morgan fingerprint density at radius 3 is 2.73 bits per heavy atom. The van der Waals surface area contributed by atoms with Gasteiger partial charge in [0.1, 0.15) is 11.0 Å². The Balaban J connectivity index is 2.05. The molecule has 2 rings (SSSR count). The molecule has 0 amide bonds. The Morgan fingerprint density at radius 2 is 2.09 bits per heavy atom. The van der Waals surface area contributed by atoms with Gasteiger partial charge in [0, 0.05) is 31.3 Å². The van der Waals surface area contributed by atoms with Crippen molar-refractivity contribution in [2.24, 2.45) is 7.05 Å². The van der Waals surface area contributed by atoms with Crippen LogP contribution in [-0.4, -0.2) is 14.9 Å². The molecule has 6 heteroatoms. The number of nitrogens with zero attached hydrogens (tertiary/aromatic N) is 2. The number of aryl methyl sites for hydroxylation is 1. The molecule has 4 nitrogen and oxygen atoms in total. The first-order chi connectivity index (χ1) is 10.4. The predicted octanol–water partition coefficient (Wildman–Crippen LogP) is 3.12. The Labute approximate surface area is 134 Å². The maximum Gasteiger partial charge on any atom is 0.131 e. The molecule has 0 unspecified atom stereocenters. The summed E-state index contributed by atoms with van der Waals surface area (Å²) in [4.78, 5) is 0. The Morgan fingerprint density at radius 1 is 1.36 bits per heavy atom. The van der Waals surface area contributed by atoms with Crippen molar-refractivity contribution in [3.8, 4) is 0 Å². The monoisotopic (exact) mass is 325 g/mol. The Bertz CT molecular complexity index is 655. The summed E-state index contributed by atoms with van der Waals surface area (Å²) in [7, 11) is 1.82. The average molecular weight is 326 g/mol. The fourth-order valence-corrected chi connectivity index (χ4v) is 2.59. The molecule has 2 N–H and O–H groups in total. The molecular weight excluding hydrogens is 305 g/mol. The van der Waals surface area contributed by atoms with Crippen LogP contribution in [0, 0.1) is 5.82 Å². The lowest BCUT2D eigenvalue weighted by atomic mass is 10.1. The summed E-state index contributed by atoms with van der Waals surface area (Å²) in [6, 6.07) is 4.74. The Kier molecular flexibility index (Phi) is 5.56. The number of benzene rings is 1.